The average molecular weight is 878 g/mol. The number of carbonyl (C=O) groups is 3. The molecule has 0 saturated carbocycles. The van der Waals surface area contributed by atoms with E-state index in [9.17, 15) is 23.8 Å². The fraction of sp³-hybridized carbons (Fsp3) is 0.740. The van der Waals surface area contributed by atoms with Crippen LogP contribution in [0.1, 0.15) is 187 Å². The Morgan fingerprint density at radius 3 is 1.67 bits per heavy atom. The number of ether oxygens (including phenoxy) is 2. The van der Waals surface area contributed by atoms with Crippen molar-refractivity contribution in [3.05, 3.63) is 60.8 Å². The molecule has 61 heavy (non-hydrogen) atoms. The molecule has 0 saturated heterocycles. The van der Waals surface area contributed by atoms with Crippen molar-refractivity contribution in [2.45, 2.75) is 193 Å². The molecule has 2 atom stereocenters. The van der Waals surface area contributed by atoms with Crippen molar-refractivity contribution in [3.63, 3.8) is 0 Å². The molecule has 0 aliphatic carbocycles. The largest absolute Gasteiger partial charge is 0.756 e. The van der Waals surface area contributed by atoms with Crippen molar-refractivity contribution in [2.24, 2.45) is 0 Å². The van der Waals surface area contributed by atoms with E-state index in [0.29, 0.717) is 36.7 Å². The summed E-state index contributed by atoms with van der Waals surface area (Å²) in [6, 6.07) is 0. The van der Waals surface area contributed by atoms with Crippen molar-refractivity contribution in [1.29, 1.82) is 0 Å². The predicted molar refractivity (Wildman–Crippen MR) is 250 cm³/mol. The smallest absolute Gasteiger partial charge is 0.306 e. The van der Waals surface area contributed by atoms with Crippen LogP contribution in [0.2, 0.25) is 0 Å². The number of nitrogens with zero attached hydrogens (tertiary/aromatic N) is 1. The topological polar surface area (TPSA) is 128 Å². The number of quaternary nitrogens is 1. The highest BCUT2D eigenvalue weighted by Crippen LogP contribution is 2.38. The molecule has 0 radical (unpaired) electrons. The van der Waals surface area contributed by atoms with Gasteiger partial charge >= 0.3 is 11.9 Å². The van der Waals surface area contributed by atoms with Gasteiger partial charge in [-0.25, -0.2) is 0 Å². The van der Waals surface area contributed by atoms with Crippen LogP contribution in [0.25, 0.3) is 0 Å². The third-order valence-corrected chi connectivity index (χ3v) is 11.0. The number of esters is 2. The van der Waals surface area contributed by atoms with Gasteiger partial charge in [0.25, 0.3) is 7.82 Å². The van der Waals surface area contributed by atoms with Gasteiger partial charge in [-0.1, -0.05) is 158 Å². The van der Waals surface area contributed by atoms with E-state index in [4.69, 9.17) is 18.5 Å². The first-order valence-electron chi connectivity index (χ1n) is 23.9. The van der Waals surface area contributed by atoms with E-state index in [1.807, 2.05) is 45.4 Å². The lowest BCUT2D eigenvalue weighted by Crippen LogP contribution is -2.37. The zero-order valence-electron chi connectivity index (χ0n) is 39.3. The van der Waals surface area contributed by atoms with Gasteiger partial charge in [-0.15, -0.1) is 0 Å². The number of phosphoric ester groups is 1. The Balaban J connectivity index is 4.43. The Hall–Kier alpha value is -2.62. The number of unbranched alkanes of at least 4 members (excludes halogenated alkanes) is 18. The zero-order chi connectivity index (χ0) is 45.1. The number of phosphoric acid groups is 1. The molecule has 0 bridgehead atoms. The van der Waals surface area contributed by atoms with Crippen LogP contribution in [-0.4, -0.2) is 75.8 Å². The summed E-state index contributed by atoms with van der Waals surface area (Å²) in [6.07, 6.45) is 46.7. The second-order valence-corrected chi connectivity index (χ2v) is 18.6. The first-order chi connectivity index (χ1) is 29.4. The monoisotopic (exact) mass is 878 g/mol. The molecule has 0 aliphatic rings. The van der Waals surface area contributed by atoms with Gasteiger partial charge in [0, 0.05) is 19.3 Å². The standard InChI is InChI=1S/C50H88NO9P/c1-6-8-10-11-12-13-14-15-16-17-18-19-20-21-24-27-30-33-37-41-49(53)57-45-48(46-59-61(55,56)58-44-43-51(3,4)5)60-50(54)42-38-34-31-28-25-22-23-26-29-32-36-40-47(52)39-35-9-7-2/h15-16,22-23,28-29,31-32,36,40,48H,6-14,17-21,24-27,30,33-35,37-39,41-46H2,1-5H3/b16-15-,23-22-,31-28-,32-29-,40-36+/t48-/m1/s1. The van der Waals surface area contributed by atoms with Gasteiger partial charge in [0.05, 0.1) is 27.7 Å². The predicted octanol–water partition coefficient (Wildman–Crippen LogP) is 12.6. The third-order valence-electron chi connectivity index (χ3n) is 9.99. The van der Waals surface area contributed by atoms with E-state index < -0.39 is 32.5 Å². The lowest BCUT2D eigenvalue weighted by atomic mass is 10.1. The first kappa shape index (κ1) is 58.4. The maximum absolute atomic E-state index is 12.7. The van der Waals surface area contributed by atoms with Crippen molar-refractivity contribution in [2.75, 3.05) is 47.5 Å². The maximum Gasteiger partial charge on any atom is 0.306 e. The van der Waals surface area contributed by atoms with Gasteiger partial charge in [0.15, 0.2) is 11.9 Å². The summed E-state index contributed by atoms with van der Waals surface area (Å²) < 4.78 is 33.8. The summed E-state index contributed by atoms with van der Waals surface area (Å²) in [5, 5.41) is 0. The summed E-state index contributed by atoms with van der Waals surface area (Å²) in [7, 11) is 1.09. The van der Waals surface area contributed by atoms with E-state index in [-0.39, 0.29) is 31.8 Å². The molecule has 352 valence electrons. The minimum Gasteiger partial charge on any atom is -0.756 e. The second-order valence-electron chi connectivity index (χ2n) is 17.2. The highest BCUT2D eigenvalue weighted by Gasteiger charge is 2.21. The molecule has 10 nitrogen and oxygen atoms in total. The molecular weight excluding hydrogens is 790 g/mol. The van der Waals surface area contributed by atoms with E-state index in [0.717, 1.165) is 51.4 Å². The van der Waals surface area contributed by atoms with Gasteiger partial charge in [0.2, 0.25) is 0 Å². The molecule has 0 aromatic rings. The fourth-order valence-corrected chi connectivity index (χ4v) is 6.91. The van der Waals surface area contributed by atoms with Gasteiger partial charge in [0.1, 0.15) is 19.8 Å². The minimum absolute atomic E-state index is 0.0542. The number of ketones is 1. The summed E-state index contributed by atoms with van der Waals surface area (Å²) >= 11 is 0. The van der Waals surface area contributed by atoms with Crippen molar-refractivity contribution in [3.8, 4) is 0 Å². The summed E-state index contributed by atoms with van der Waals surface area (Å²) in [6.45, 7) is 3.98. The van der Waals surface area contributed by atoms with Crippen LogP contribution in [-0.2, 0) is 37.5 Å². The fourth-order valence-electron chi connectivity index (χ4n) is 6.18. The lowest BCUT2D eigenvalue weighted by Gasteiger charge is -2.28. The van der Waals surface area contributed by atoms with E-state index in [1.54, 1.807) is 12.2 Å². The molecule has 0 aromatic carbocycles. The molecule has 0 heterocycles. The van der Waals surface area contributed by atoms with Gasteiger partial charge in [-0.2, -0.15) is 0 Å². The van der Waals surface area contributed by atoms with Crippen molar-refractivity contribution >= 4 is 25.5 Å². The molecule has 0 N–H and O–H groups in total. The molecular formula is C50H88NO9P. The molecule has 0 aromatic heterocycles. The molecule has 0 spiro atoms. The Morgan fingerprint density at radius 2 is 1.05 bits per heavy atom. The van der Waals surface area contributed by atoms with Gasteiger partial charge in [-0.3, -0.25) is 18.9 Å². The van der Waals surface area contributed by atoms with E-state index >= 15 is 0 Å². The normalized spacial score (nSPS) is 13.9. The van der Waals surface area contributed by atoms with Gasteiger partial charge in [-0.05, 0) is 70.3 Å². The average Bonchev–Trinajstić information content (AvgIpc) is 3.21. The maximum atomic E-state index is 12.7. The Bertz CT molecular complexity index is 1280. The Morgan fingerprint density at radius 1 is 0.557 bits per heavy atom. The van der Waals surface area contributed by atoms with Crippen LogP contribution in [0.4, 0.5) is 0 Å². The summed E-state index contributed by atoms with van der Waals surface area (Å²) in [5.74, 6) is -0.772. The highest BCUT2D eigenvalue weighted by molar-refractivity contribution is 7.45. The first-order valence-corrected chi connectivity index (χ1v) is 25.4. The van der Waals surface area contributed by atoms with E-state index in [2.05, 4.69) is 38.2 Å². The number of hydrogen-bond donors (Lipinski definition) is 0. The lowest BCUT2D eigenvalue weighted by molar-refractivity contribution is -0.870. The number of hydrogen-bond acceptors (Lipinski definition) is 9. The van der Waals surface area contributed by atoms with Crippen LogP contribution >= 0.6 is 7.82 Å². The Kier molecular flexibility index (Phi) is 39.6. The molecule has 0 amide bonds. The molecule has 0 rings (SSSR count). The SMILES string of the molecule is CCCCCCCC/C=C\CCCCCCCCCCCC(=O)OC[C@H](COP(=O)([O-])OCC[N+](C)(C)C)OC(=O)CCC/C=C\C/C=C\C/C=C\C=C\C(=O)CCCCC. The number of likely N-dealkylation sites (N-methyl/N-ethyl adjacent to an activating group) is 1. The minimum atomic E-state index is -4.66. The molecule has 0 aliphatic heterocycles. The summed E-state index contributed by atoms with van der Waals surface area (Å²) in [5.41, 5.74) is 0. The highest BCUT2D eigenvalue weighted by atomic mass is 31.2. The molecule has 11 heteroatoms. The Labute approximate surface area is 372 Å². The number of allylic oxidation sites excluding steroid dienone is 10. The van der Waals surface area contributed by atoms with Crippen LogP contribution in [0.15, 0.2) is 60.8 Å². The molecule has 0 fully saturated rings. The third kappa shape index (κ3) is 45.2. The summed E-state index contributed by atoms with van der Waals surface area (Å²) in [4.78, 5) is 49.3. The van der Waals surface area contributed by atoms with Crippen LogP contribution in [0.3, 0.4) is 0 Å². The van der Waals surface area contributed by atoms with Crippen LogP contribution < -0.4 is 4.89 Å². The van der Waals surface area contributed by atoms with Crippen LogP contribution in [0.5, 0.6) is 0 Å². The quantitative estimate of drug-likeness (QED) is 0.0112. The molecule has 1 unspecified atom stereocenters. The second kappa shape index (κ2) is 41.4. The van der Waals surface area contributed by atoms with E-state index in [1.165, 1.54) is 83.5 Å². The number of rotatable bonds is 43. The van der Waals surface area contributed by atoms with Gasteiger partial charge < -0.3 is 27.9 Å². The van der Waals surface area contributed by atoms with Crippen molar-refractivity contribution in [1.82, 2.24) is 0 Å². The number of carbonyl (C=O) groups excluding carboxylic acids is 3. The zero-order valence-corrected chi connectivity index (χ0v) is 40.2. The van der Waals surface area contributed by atoms with Crippen LogP contribution in [0, 0.1) is 0 Å². The van der Waals surface area contributed by atoms with Crippen molar-refractivity contribution < 1.29 is 46.8 Å².